The Bertz CT molecular complexity index is 823. The van der Waals surface area contributed by atoms with Gasteiger partial charge < -0.3 is 5.21 Å². The van der Waals surface area contributed by atoms with Crippen molar-refractivity contribution in [1.82, 2.24) is 0 Å². The summed E-state index contributed by atoms with van der Waals surface area (Å²) in [5.74, 6) is 0.863. The highest BCUT2D eigenvalue weighted by Crippen LogP contribution is 2.59. The van der Waals surface area contributed by atoms with Crippen LogP contribution in [0, 0.1) is 17.3 Å². The molecule has 0 heterocycles. The van der Waals surface area contributed by atoms with Gasteiger partial charge in [0.05, 0.1) is 5.71 Å². The SMILES string of the molecule is CC1(C)[C@@H](/C(=N/O)c2ccccc2)CC[C@]2(C)c3ccccc3CC[C@@H]12. The molecule has 3 atom stereocenters. The van der Waals surface area contributed by atoms with Crippen LogP contribution in [0.25, 0.3) is 0 Å². The largest absolute Gasteiger partial charge is 0.411 e. The fourth-order valence-electron chi connectivity index (χ4n) is 6.09. The van der Waals surface area contributed by atoms with E-state index in [0.717, 1.165) is 30.5 Å². The second-order valence-corrected chi connectivity index (χ2v) is 8.93. The number of hydrogen-bond acceptors (Lipinski definition) is 2. The molecule has 1 fully saturated rings. The van der Waals surface area contributed by atoms with Gasteiger partial charge in [-0.2, -0.15) is 0 Å². The van der Waals surface area contributed by atoms with Gasteiger partial charge in [0, 0.05) is 5.92 Å². The van der Waals surface area contributed by atoms with E-state index in [1.54, 1.807) is 5.56 Å². The lowest BCUT2D eigenvalue weighted by Gasteiger charge is -2.57. The van der Waals surface area contributed by atoms with E-state index in [1.807, 2.05) is 18.2 Å². The summed E-state index contributed by atoms with van der Waals surface area (Å²) in [6.07, 6.45) is 4.57. The fraction of sp³-hybridized carbons (Fsp3) is 0.458. The van der Waals surface area contributed by atoms with E-state index in [-0.39, 0.29) is 16.7 Å². The molecule has 0 radical (unpaired) electrons. The first-order chi connectivity index (χ1) is 12.5. The third-order valence-electron chi connectivity index (χ3n) is 7.36. The van der Waals surface area contributed by atoms with Crippen molar-refractivity contribution in [1.29, 1.82) is 0 Å². The molecule has 0 aliphatic heterocycles. The summed E-state index contributed by atoms with van der Waals surface area (Å²) in [7, 11) is 0. The van der Waals surface area contributed by atoms with E-state index < -0.39 is 0 Å². The number of rotatable bonds is 2. The van der Waals surface area contributed by atoms with E-state index in [9.17, 15) is 5.21 Å². The van der Waals surface area contributed by atoms with Gasteiger partial charge in [-0.05, 0) is 59.1 Å². The minimum absolute atomic E-state index is 0.0813. The standard InChI is InChI=1S/C24H29NO/c1-23(2)20(22(25-26)18-10-5-4-6-11-18)15-16-24(3)19-12-8-7-9-17(19)13-14-21(23)24/h4-12,20-21,26H,13-16H2,1-3H3/b25-22+/t20-,21+,24-/m1/s1. The third kappa shape index (κ3) is 2.50. The van der Waals surface area contributed by atoms with Crippen molar-refractivity contribution < 1.29 is 5.21 Å². The van der Waals surface area contributed by atoms with Crippen molar-refractivity contribution in [2.24, 2.45) is 22.4 Å². The second kappa shape index (κ2) is 6.26. The molecule has 0 spiro atoms. The zero-order chi connectivity index (χ0) is 18.4. The predicted molar refractivity (Wildman–Crippen MR) is 107 cm³/mol. The highest BCUT2D eigenvalue weighted by atomic mass is 16.4. The summed E-state index contributed by atoms with van der Waals surface area (Å²) >= 11 is 0. The van der Waals surface area contributed by atoms with Crippen LogP contribution in [0.1, 0.15) is 56.7 Å². The molecule has 0 amide bonds. The maximum absolute atomic E-state index is 9.87. The summed E-state index contributed by atoms with van der Waals surface area (Å²) in [6.45, 7) is 7.25. The molecule has 2 aromatic carbocycles. The van der Waals surface area contributed by atoms with E-state index in [1.165, 1.54) is 12.0 Å². The van der Waals surface area contributed by atoms with Crippen molar-refractivity contribution in [3.8, 4) is 0 Å². The lowest BCUT2D eigenvalue weighted by atomic mass is 9.46. The quantitative estimate of drug-likeness (QED) is 0.414. The molecule has 1 N–H and O–H groups in total. The van der Waals surface area contributed by atoms with Crippen LogP contribution in [0.4, 0.5) is 0 Å². The van der Waals surface area contributed by atoms with Gasteiger partial charge in [-0.3, -0.25) is 0 Å². The van der Waals surface area contributed by atoms with Gasteiger partial charge >= 0.3 is 0 Å². The highest BCUT2D eigenvalue weighted by Gasteiger charge is 2.54. The monoisotopic (exact) mass is 347 g/mol. The van der Waals surface area contributed by atoms with Crippen LogP contribution in [0.3, 0.4) is 0 Å². The minimum Gasteiger partial charge on any atom is -0.411 e. The van der Waals surface area contributed by atoms with Gasteiger partial charge in [0.25, 0.3) is 0 Å². The van der Waals surface area contributed by atoms with Gasteiger partial charge in [0.2, 0.25) is 0 Å². The maximum atomic E-state index is 9.87. The number of aryl methyl sites for hydroxylation is 1. The van der Waals surface area contributed by atoms with Gasteiger partial charge in [-0.1, -0.05) is 80.5 Å². The van der Waals surface area contributed by atoms with E-state index >= 15 is 0 Å². The van der Waals surface area contributed by atoms with Crippen molar-refractivity contribution >= 4 is 5.71 Å². The van der Waals surface area contributed by atoms with Crippen molar-refractivity contribution in [2.45, 2.75) is 51.9 Å². The Kier molecular flexibility index (Phi) is 4.17. The number of hydrogen-bond donors (Lipinski definition) is 1. The Labute approximate surface area is 156 Å². The molecule has 2 nitrogen and oxygen atoms in total. The van der Waals surface area contributed by atoms with E-state index in [0.29, 0.717) is 5.92 Å². The van der Waals surface area contributed by atoms with Gasteiger partial charge in [0.1, 0.15) is 0 Å². The molecule has 136 valence electrons. The summed E-state index contributed by atoms with van der Waals surface area (Å²) in [4.78, 5) is 0. The Morgan fingerprint density at radius 2 is 1.65 bits per heavy atom. The number of oxime groups is 1. The van der Waals surface area contributed by atoms with Gasteiger partial charge in [0.15, 0.2) is 0 Å². The first kappa shape index (κ1) is 17.3. The summed E-state index contributed by atoms with van der Waals surface area (Å²) in [5, 5.41) is 13.7. The predicted octanol–water partition coefficient (Wildman–Crippen LogP) is 5.82. The molecule has 2 aromatic rings. The lowest BCUT2D eigenvalue weighted by Crippen LogP contribution is -2.53. The maximum Gasteiger partial charge on any atom is 0.0904 e. The Morgan fingerprint density at radius 3 is 2.38 bits per heavy atom. The Balaban J connectivity index is 1.74. The molecular formula is C24H29NO. The lowest BCUT2D eigenvalue weighted by molar-refractivity contribution is 0.0129. The van der Waals surface area contributed by atoms with E-state index in [4.69, 9.17) is 0 Å². The molecule has 2 aliphatic rings. The van der Waals surface area contributed by atoms with Crippen molar-refractivity contribution in [3.05, 3.63) is 71.3 Å². The molecule has 0 bridgehead atoms. The van der Waals surface area contributed by atoms with Crippen LogP contribution in [0.15, 0.2) is 59.8 Å². The number of fused-ring (bicyclic) bond motifs is 3. The molecule has 2 heteroatoms. The van der Waals surface area contributed by atoms with Gasteiger partial charge in [-0.15, -0.1) is 0 Å². The number of benzene rings is 2. The summed E-state index contributed by atoms with van der Waals surface area (Å²) in [5.41, 5.74) is 5.28. The average molecular weight is 348 g/mol. The first-order valence-electron chi connectivity index (χ1n) is 9.84. The van der Waals surface area contributed by atoms with Crippen molar-refractivity contribution in [3.63, 3.8) is 0 Å². The third-order valence-corrected chi connectivity index (χ3v) is 7.36. The topological polar surface area (TPSA) is 32.6 Å². The second-order valence-electron chi connectivity index (χ2n) is 8.93. The van der Waals surface area contributed by atoms with Crippen LogP contribution in [-0.2, 0) is 11.8 Å². The van der Waals surface area contributed by atoms with E-state index in [2.05, 4.69) is 62.3 Å². The molecule has 0 aromatic heterocycles. The Hall–Kier alpha value is -2.09. The van der Waals surface area contributed by atoms with Gasteiger partial charge in [-0.25, -0.2) is 0 Å². The Morgan fingerprint density at radius 1 is 0.962 bits per heavy atom. The first-order valence-corrected chi connectivity index (χ1v) is 9.84. The van der Waals surface area contributed by atoms with Crippen LogP contribution in [0.5, 0.6) is 0 Å². The molecule has 26 heavy (non-hydrogen) atoms. The molecule has 0 unspecified atom stereocenters. The van der Waals surface area contributed by atoms with Crippen molar-refractivity contribution in [2.75, 3.05) is 0 Å². The van der Waals surface area contributed by atoms with Crippen LogP contribution < -0.4 is 0 Å². The molecular weight excluding hydrogens is 318 g/mol. The van der Waals surface area contributed by atoms with Crippen LogP contribution in [-0.4, -0.2) is 10.9 Å². The molecule has 2 aliphatic carbocycles. The summed E-state index contributed by atoms with van der Waals surface area (Å²) in [6, 6.07) is 19.2. The normalized spacial score (nSPS) is 30.3. The molecule has 1 saturated carbocycles. The fourth-order valence-corrected chi connectivity index (χ4v) is 6.09. The highest BCUT2D eigenvalue weighted by molar-refractivity contribution is 6.02. The van der Waals surface area contributed by atoms with Crippen LogP contribution in [0.2, 0.25) is 0 Å². The molecule has 4 rings (SSSR count). The zero-order valence-electron chi connectivity index (χ0n) is 16.1. The smallest absolute Gasteiger partial charge is 0.0904 e. The minimum atomic E-state index is 0.0813. The number of nitrogens with zero attached hydrogens (tertiary/aromatic N) is 1. The molecule has 0 saturated heterocycles. The average Bonchev–Trinajstić information content (AvgIpc) is 2.65. The van der Waals surface area contributed by atoms with Crippen LogP contribution >= 0.6 is 0 Å². The zero-order valence-corrected chi connectivity index (χ0v) is 16.1. The summed E-state index contributed by atoms with van der Waals surface area (Å²) < 4.78 is 0.